The highest BCUT2D eigenvalue weighted by atomic mass is 19.1. The van der Waals surface area contributed by atoms with Crippen LogP contribution in [0, 0.1) is 11.7 Å². The fourth-order valence-corrected chi connectivity index (χ4v) is 2.81. The molecule has 0 bridgehead atoms. The fourth-order valence-electron chi connectivity index (χ4n) is 2.81. The Morgan fingerprint density at radius 3 is 2.07 bits per heavy atom. The molecule has 0 aliphatic heterocycles. The fraction of sp³-hybridized carbons (Fsp3) is 0.364. The predicted molar refractivity (Wildman–Crippen MR) is 105 cm³/mol. The van der Waals surface area contributed by atoms with E-state index in [-0.39, 0.29) is 17.7 Å². The van der Waals surface area contributed by atoms with Gasteiger partial charge in [0.25, 0.3) is 5.91 Å². The third-order valence-electron chi connectivity index (χ3n) is 4.55. The lowest BCUT2D eigenvalue weighted by molar-refractivity contribution is -0.133. The molecule has 0 fully saturated rings. The number of likely N-dealkylation sites (N-methyl/N-ethyl adjacent to an activating group) is 1. The minimum absolute atomic E-state index is 0.0770. The molecule has 144 valence electrons. The van der Waals surface area contributed by atoms with E-state index in [1.54, 1.807) is 11.9 Å². The zero-order valence-electron chi connectivity index (χ0n) is 16.3. The standard InChI is InChI=1S/C22H27FN2O2/c1-5-16-6-8-17(9-7-16)14-25(4)22(27)20(15(2)3)24-21(26)18-10-12-19(23)13-11-18/h6-13,15,20H,5,14H2,1-4H3,(H,24,26)/t20-/m0/s1. The Labute approximate surface area is 160 Å². The first-order valence-electron chi connectivity index (χ1n) is 9.21. The number of nitrogens with one attached hydrogen (secondary N) is 1. The van der Waals surface area contributed by atoms with Crippen LogP contribution in [0.5, 0.6) is 0 Å². The lowest BCUT2D eigenvalue weighted by Gasteiger charge is -2.27. The average molecular weight is 370 g/mol. The van der Waals surface area contributed by atoms with E-state index < -0.39 is 11.9 Å². The molecule has 2 amide bonds. The Bertz CT molecular complexity index is 770. The summed E-state index contributed by atoms with van der Waals surface area (Å²) in [6, 6.07) is 12.8. The van der Waals surface area contributed by atoms with Gasteiger partial charge in [0.05, 0.1) is 0 Å². The van der Waals surface area contributed by atoms with E-state index in [9.17, 15) is 14.0 Å². The molecule has 2 rings (SSSR count). The zero-order chi connectivity index (χ0) is 20.0. The van der Waals surface area contributed by atoms with Crippen molar-refractivity contribution in [3.63, 3.8) is 0 Å². The molecule has 0 aromatic heterocycles. The first-order chi connectivity index (χ1) is 12.8. The molecule has 0 saturated heterocycles. The smallest absolute Gasteiger partial charge is 0.251 e. The number of rotatable bonds is 7. The van der Waals surface area contributed by atoms with Crippen LogP contribution in [0.3, 0.4) is 0 Å². The molecular formula is C22H27FN2O2. The lowest BCUT2D eigenvalue weighted by Crippen LogP contribution is -2.50. The van der Waals surface area contributed by atoms with E-state index in [1.165, 1.54) is 29.8 Å². The number of aryl methyl sites for hydroxylation is 1. The third-order valence-corrected chi connectivity index (χ3v) is 4.55. The predicted octanol–water partition coefficient (Wildman–Crippen LogP) is 3.80. The molecule has 5 heteroatoms. The number of benzene rings is 2. The molecule has 1 atom stereocenters. The molecule has 27 heavy (non-hydrogen) atoms. The van der Waals surface area contributed by atoms with Gasteiger partial charge >= 0.3 is 0 Å². The maximum atomic E-state index is 13.0. The number of hydrogen-bond donors (Lipinski definition) is 1. The summed E-state index contributed by atoms with van der Waals surface area (Å²) in [5, 5.41) is 2.78. The van der Waals surface area contributed by atoms with Crippen molar-refractivity contribution >= 4 is 11.8 Å². The van der Waals surface area contributed by atoms with Crippen LogP contribution in [-0.4, -0.2) is 29.8 Å². The second-order valence-corrected chi connectivity index (χ2v) is 7.07. The monoisotopic (exact) mass is 370 g/mol. The summed E-state index contributed by atoms with van der Waals surface area (Å²) in [4.78, 5) is 26.9. The summed E-state index contributed by atoms with van der Waals surface area (Å²) < 4.78 is 13.0. The maximum Gasteiger partial charge on any atom is 0.251 e. The van der Waals surface area contributed by atoms with Crippen LogP contribution in [0.2, 0.25) is 0 Å². The third kappa shape index (κ3) is 5.64. The second kappa shape index (κ2) is 9.31. The molecule has 0 spiro atoms. The van der Waals surface area contributed by atoms with Gasteiger partial charge in [-0.2, -0.15) is 0 Å². The quantitative estimate of drug-likeness (QED) is 0.806. The van der Waals surface area contributed by atoms with Crippen LogP contribution in [0.1, 0.15) is 42.3 Å². The SMILES string of the molecule is CCc1ccc(CN(C)C(=O)[C@@H](NC(=O)c2ccc(F)cc2)C(C)C)cc1. The molecule has 0 heterocycles. The molecule has 2 aromatic rings. The van der Waals surface area contributed by atoms with Gasteiger partial charge in [0.2, 0.25) is 5.91 Å². The second-order valence-electron chi connectivity index (χ2n) is 7.07. The van der Waals surface area contributed by atoms with E-state index in [0.717, 1.165) is 12.0 Å². The van der Waals surface area contributed by atoms with Crippen LogP contribution >= 0.6 is 0 Å². The van der Waals surface area contributed by atoms with Crippen molar-refractivity contribution in [2.24, 2.45) is 5.92 Å². The molecule has 2 aromatic carbocycles. The molecule has 0 aliphatic carbocycles. The van der Waals surface area contributed by atoms with Gasteiger partial charge in [-0.05, 0) is 47.7 Å². The number of halogens is 1. The Hall–Kier alpha value is -2.69. The topological polar surface area (TPSA) is 49.4 Å². The van der Waals surface area contributed by atoms with E-state index in [1.807, 2.05) is 26.0 Å². The highest BCUT2D eigenvalue weighted by Crippen LogP contribution is 2.12. The first-order valence-corrected chi connectivity index (χ1v) is 9.21. The van der Waals surface area contributed by atoms with Gasteiger partial charge in [-0.1, -0.05) is 45.0 Å². The summed E-state index contributed by atoms with van der Waals surface area (Å²) in [6.07, 6.45) is 0.972. The maximum absolute atomic E-state index is 13.0. The van der Waals surface area contributed by atoms with E-state index >= 15 is 0 Å². The molecule has 0 saturated carbocycles. The zero-order valence-corrected chi connectivity index (χ0v) is 16.3. The molecule has 0 unspecified atom stereocenters. The van der Waals surface area contributed by atoms with Gasteiger partial charge in [-0.3, -0.25) is 9.59 Å². The van der Waals surface area contributed by atoms with Gasteiger partial charge < -0.3 is 10.2 Å². The lowest BCUT2D eigenvalue weighted by atomic mass is 10.0. The van der Waals surface area contributed by atoms with Crippen molar-refractivity contribution in [1.82, 2.24) is 10.2 Å². The minimum atomic E-state index is -0.650. The van der Waals surface area contributed by atoms with Gasteiger partial charge in [0.1, 0.15) is 11.9 Å². The first kappa shape index (κ1) is 20.6. The molecule has 0 radical (unpaired) electrons. The van der Waals surface area contributed by atoms with Crippen LogP contribution in [0.25, 0.3) is 0 Å². The average Bonchev–Trinajstić information content (AvgIpc) is 2.66. The Morgan fingerprint density at radius 2 is 1.56 bits per heavy atom. The summed E-state index contributed by atoms with van der Waals surface area (Å²) in [6.45, 7) is 6.34. The van der Waals surface area contributed by atoms with Crippen molar-refractivity contribution in [2.45, 2.75) is 39.8 Å². The number of amides is 2. The highest BCUT2D eigenvalue weighted by molar-refractivity contribution is 5.97. The van der Waals surface area contributed by atoms with Crippen molar-refractivity contribution in [3.05, 3.63) is 71.0 Å². The van der Waals surface area contributed by atoms with Gasteiger partial charge in [-0.15, -0.1) is 0 Å². The number of carbonyl (C=O) groups is 2. The van der Waals surface area contributed by atoms with Crippen molar-refractivity contribution in [3.8, 4) is 0 Å². The number of nitrogens with zero attached hydrogens (tertiary/aromatic N) is 1. The number of carbonyl (C=O) groups excluding carboxylic acids is 2. The van der Waals surface area contributed by atoms with Gasteiger partial charge in [-0.25, -0.2) is 4.39 Å². The van der Waals surface area contributed by atoms with Crippen LogP contribution in [0.4, 0.5) is 4.39 Å². The molecule has 0 aliphatic rings. The van der Waals surface area contributed by atoms with Crippen molar-refractivity contribution in [1.29, 1.82) is 0 Å². The summed E-state index contributed by atoms with van der Waals surface area (Å²) in [7, 11) is 1.73. The van der Waals surface area contributed by atoms with Crippen molar-refractivity contribution in [2.75, 3.05) is 7.05 Å². The molecule has 1 N–H and O–H groups in total. The summed E-state index contributed by atoms with van der Waals surface area (Å²) in [5.74, 6) is -1.02. The van der Waals surface area contributed by atoms with Crippen molar-refractivity contribution < 1.29 is 14.0 Å². The largest absolute Gasteiger partial charge is 0.340 e. The van der Waals surface area contributed by atoms with E-state index in [2.05, 4.69) is 24.4 Å². The highest BCUT2D eigenvalue weighted by Gasteiger charge is 2.27. The Kier molecular flexibility index (Phi) is 7.11. The Morgan fingerprint density at radius 1 is 1.00 bits per heavy atom. The van der Waals surface area contributed by atoms with Crippen LogP contribution < -0.4 is 5.32 Å². The normalized spacial score (nSPS) is 11.9. The Balaban J connectivity index is 2.06. The summed E-state index contributed by atoms with van der Waals surface area (Å²) in [5.41, 5.74) is 2.61. The van der Waals surface area contributed by atoms with E-state index in [4.69, 9.17) is 0 Å². The minimum Gasteiger partial charge on any atom is -0.340 e. The van der Waals surface area contributed by atoms with Gasteiger partial charge in [0.15, 0.2) is 0 Å². The van der Waals surface area contributed by atoms with Crippen LogP contribution in [-0.2, 0) is 17.8 Å². The number of hydrogen-bond acceptors (Lipinski definition) is 2. The van der Waals surface area contributed by atoms with Crippen LogP contribution in [0.15, 0.2) is 48.5 Å². The molecule has 4 nitrogen and oxygen atoms in total. The molecular weight excluding hydrogens is 343 g/mol. The summed E-state index contributed by atoms with van der Waals surface area (Å²) >= 11 is 0. The van der Waals surface area contributed by atoms with Gasteiger partial charge in [0, 0.05) is 19.2 Å². The van der Waals surface area contributed by atoms with E-state index in [0.29, 0.717) is 12.1 Å².